The maximum absolute atomic E-state index is 11.5. The maximum atomic E-state index is 11.5. The van der Waals surface area contributed by atoms with Crippen molar-refractivity contribution in [3.8, 4) is 0 Å². The summed E-state index contributed by atoms with van der Waals surface area (Å²) in [6, 6.07) is 0.234. The molecule has 0 unspecified atom stereocenters. The Balaban J connectivity index is 2.21. The van der Waals surface area contributed by atoms with E-state index in [1.165, 1.54) is 0 Å². The van der Waals surface area contributed by atoms with Crippen molar-refractivity contribution in [1.82, 2.24) is 15.5 Å². The Labute approximate surface area is 96.6 Å². The van der Waals surface area contributed by atoms with Crippen LogP contribution in [-0.2, 0) is 9.59 Å². The lowest BCUT2D eigenvalue weighted by Crippen LogP contribution is -2.44. The molecule has 1 fully saturated rings. The first kappa shape index (κ1) is 13.0. The van der Waals surface area contributed by atoms with Crippen molar-refractivity contribution in [2.45, 2.75) is 32.2 Å². The molecule has 1 rings (SSSR count). The van der Waals surface area contributed by atoms with Crippen molar-refractivity contribution in [3.05, 3.63) is 0 Å². The fourth-order valence-electron chi connectivity index (χ4n) is 1.84. The van der Waals surface area contributed by atoms with Gasteiger partial charge in [-0.05, 0) is 39.9 Å². The lowest BCUT2D eigenvalue weighted by atomic mass is 10.1. The predicted octanol–water partition coefficient (Wildman–Crippen LogP) is -0.277. The van der Waals surface area contributed by atoms with E-state index in [0.717, 1.165) is 25.9 Å². The average molecular weight is 227 g/mol. The van der Waals surface area contributed by atoms with Crippen LogP contribution >= 0.6 is 0 Å². The fraction of sp³-hybridized carbons (Fsp3) is 0.818. The molecule has 1 aliphatic rings. The third-order valence-corrected chi connectivity index (χ3v) is 2.78. The molecule has 0 atom stereocenters. The van der Waals surface area contributed by atoms with Crippen LogP contribution in [-0.4, -0.2) is 49.4 Å². The molecule has 2 amide bonds. The van der Waals surface area contributed by atoms with Crippen molar-refractivity contribution in [1.29, 1.82) is 0 Å². The molecule has 1 saturated heterocycles. The Hall–Kier alpha value is -1.10. The molecule has 0 aromatic heterocycles. The summed E-state index contributed by atoms with van der Waals surface area (Å²) in [5.74, 6) is -0.367. The van der Waals surface area contributed by atoms with Crippen molar-refractivity contribution in [2.24, 2.45) is 0 Å². The van der Waals surface area contributed by atoms with E-state index < -0.39 is 0 Å². The SMILES string of the molecule is CCNC(=O)CC(=O)NC1CCN(C)CC1. The van der Waals surface area contributed by atoms with E-state index in [-0.39, 0.29) is 24.3 Å². The van der Waals surface area contributed by atoms with Gasteiger partial charge < -0.3 is 15.5 Å². The second-order valence-electron chi connectivity index (χ2n) is 4.28. The summed E-state index contributed by atoms with van der Waals surface area (Å²) in [5.41, 5.74) is 0. The second kappa shape index (κ2) is 6.48. The van der Waals surface area contributed by atoms with Crippen molar-refractivity contribution < 1.29 is 9.59 Å². The summed E-state index contributed by atoms with van der Waals surface area (Å²) in [5, 5.41) is 5.52. The van der Waals surface area contributed by atoms with E-state index >= 15 is 0 Å². The first-order chi connectivity index (χ1) is 7.61. The van der Waals surface area contributed by atoms with Crippen LogP contribution in [0.15, 0.2) is 0 Å². The number of nitrogens with one attached hydrogen (secondary N) is 2. The van der Waals surface area contributed by atoms with Crippen LogP contribution in [0.2, 0.25) is 0 Å². The standard InChI is InChI=1S/C11H21N3O2/c1-3-12-10(15)8-11(16)13-9-4-6-14(2)7-5-9/h9H,3-8H2,1-2H3,(H,12,15)(H,13,16). The minimum absolute atomic E-state index is 0.0554. The van der Waals surface area contributed by atoms with Crippen LogP contribution in [0.4, 0.5) is 0 Å². The third-order valence-electron chi connectivity index (χ3n) is 2.78. The zero-order valence-electron chi connectivity index (χ0n) is 10.1. The highest BCUT2D eigenvalue weighted by Gasteiger charge is 2.19. The monoisotopic (exact) mass is 227 g/mol. The number of nitrogens with zero attached hydrogens (tertiary/aromatic N) is 1. The van der Waals surface area contributed by atoms with Gasteiger partial charge in [0.05, 0.1) is 0 Å². The van der Waals surface area contributed by atoms with Gasteiger partial charge in [-0.2, -0.15) is 0 Å². The molecule has 16 heavy (non-hydrogen) atoms. The maximum Gasteiger partial charge on any atom is 0.229 e. The molecular weight excluding hydrogens is 206 g/mol. The van der Waals surface area contributed by atoms with Gasteiger partial charge >= 0.3 is 0 Å². The van der Waals surface area contributed by atoms with E-state index in [4.69, 9.17) is 0 Å². The first-order valence-corrected chi connectivity index (χ1v) is 5.86. The normalized spacial score (nSPS) is 18.1. The zero-order valence-corrected chi connectivity index (χ0v) is 10.1. The number of piperidine rings is 1. The summed E-state index contributed by atoms with van der Waals surface area (Å²) < 4.78 is 0. The van der Waals surface area contributed by atoms with Gasteiger partial charge in [0.1, 0.15) is 6.42 Å². The molecule has 5 nitrogen and oxygen atoms in total. The van der Waals surface area contributed by atoms with Gasteiger partial charge in [0.25, 0.3) is 0 Å². The number of hydrogen-bond acceptors (Lipinski definition) is 3. The van der Waals surface area contributed by atoms with Gasteiger partial charge in [-0.25, -0.2) is 0 Å². The minimum atomic E-state index is -0.201. The van der Waals surface area contributed by atoms with Crippen molar-refractivity contribution in [3.63, 3.8) is 0 Å². The lowest BCUT2D eigenvalue weighted by molar-refractivity contribution is -0.129. The van der Waals surface area contributed by atoms with Crippen LogP contribution in [0.5, 0.6) is 0 Å². The van der Waals surface area contributed by atoms with Crippen LogP contribution in [0.3, 0.4) is 0 Å². The van der Waals surface area contributed by atoms with Gasteiger partial charge in [0, 0.05) is 12.6 Å². The quantitative estimate of drug-likeness (QED) is 0.650. The van der Waals surface area contributed by atoms with Gasteiger partial charge in [-0.3, -0.25) is 9.59 Å². The number of carbonyl (C=O) groups is 2. The number of amides is 2. The first-order valence-electron chi connectivity index (χ1n) is 5.86. The number of hydrogen-bond donors (Lipinski definition) is 2. The molecule has 0 radical (unpaired) electrons. The Morgan fingerprint density at radius 2 is 1.88 bits per heavy atom. The molecule has 1 heterocycles. The summed E-state index contributed by atoms with van der Waals surface area (Å²) in [4.78, 5) is 24.9. The smallest absolute Gasteiger partial charge is 0.229 e. The van der Waals surface area contributed by atoms with Crippen LogP contribution < -0.4 is 10.6 Å². The molecular formula is C11H21N3O2. The average Bonchev–Trinajstić information content (AvgIpc) is 2.21. The van der Waals surface area contributed by atoms with Gasteiger partial charge in [-0.1, -0.05) is 0 Å². The summed E-state index contributed by atoms with van der Waals surface area (Å²) in [7, 11) is 2.08. The zero-order chi connectivity index (χ0) is 12.0. The van der Waals surface area contributed by atoms with Crippen LogP contribution in [0, 0.1) is 0 Å². The third kappa shape index (κ3) is 4.61. The number of likely N-dealkylation sites (tertiary alicyclic amines) is 1. The molecule has 92 valence electrons. The topological polar surface area (TPSA) is 61.4 Å². The number of rotatable bonds is 4. The Morgan fingerprint density at radius 1 is 1.25 bits per heavy atom. The molecule has 0 saturated carbocycles. The van der Waals surface area contributed by atoms with E-state index in [2.05, 4.69) is 22.6 Å². The number of carbonyl (C=O) groups excluding carboxylic acids is 2. The Kier molecular flexibility index (Phi) is 5.25. The summed E-state index contributed by atoms with van der Waals surface area (Å²) in [6.07, 6.45) is 1.88. The highest BCUT2D eigenvalue weighted by atomic mass is 16.2. The molecule has 1 aliphatic heterocycles. The van der Waals surface area contributed by atoms with E-state index in [9.17, 15) is 9.59 Å². The van der Waals surface area contributed by atoms with Gasteiger partial charge in [0.2, 0.25) is 11.8 Å². The fourth-order valence-corrected chi connectivity index (χ4v) is 1.84. The van der Waals surface area contributed by atoms with E-state index in [1.807, 2.05) is 6.92 Å². The van der Waals surface area contributed by atoms with Gasteiger partial charge in [0.15, 0.2) is 0 Å². The molecule has 0 aliphatic carbocycles. The Morgan fingerprint density at radius 3 is 2.44 bits per heavy atom. The molecule has 0 spiro atoms. The van der Waals surface area contributed by atoms with Crippen molar-refractivity contribution in [2.75, 3.05) is 26.7 Å². The van der Waals surface area contributed by atoms with E-state index in [1.54, 1.807) is 0 Å². The largest absolute Gasteiger partial charge is 0.356 e. The molecule has 0 aromatic rings. The lowest BCUT2D eigenvalue weighted by Gasteiger charge is -2.29. The molecule has 5 heteroatoms. The van der Waals surface area contributed by atoms with E-state index in [0.29, 0.717) is 6.54 Å². The molecule has 0 aromatic carbocycles. The molecule has 0 bridgehead atoms. The summed E-state index contributed by atoms with van der Waals surface area (Å²) in [6.45, 7) is 4.42. The second-order valence-corrected chi connectivity index (χ2v) is 4.28. The van der Waals surface area contributed by atoms with Crippen molar-refractivity contribution >= 4 is 11.8 Å². The predicted molar refractivity (Wildman–Crippen MR) is 62.0 cm³/mol. The highest BCUT2D eigenvalue weighted by molar-refractivity contribution is 5.96. The minimum Gasteiger partial charge on any atom is -0.356 e. The molecule has 2 N–H and O–H groups in total. The van der Waals surface area contributed by atoms with Crippen LogP contribution in [0.25, 0.3) is 0 Å². The van der Waals surface area contributed by atoms with Gasteiger partial charge in [-0.15, -0.1) is 0 Å². The Bertz CT molecular complexity index is 248. The van der Waals surface area contributed by atoms with Crippen LogP contribution in [0.1, 0.15) is 26.2 Å². The summed E-state index contributed by atoms with van der Waals surface area (Å²) >= 11 is 0. The highest BCUT2D eigenvalue weighted by Crippen LogP contribution is 2.08.